The van der Waals surface area contributed by atoms with Crippen molar-refractivity contribution in [2.24, 2.45) is 10.2 Å². The number of aliphatic carboxylic acids is 1. The maximum atomic E-state index is 13.3. The number of nitrogens with zero attached hydrogens (tertiary/aromatic N) is 2. The smallest absolute Gasteiger partial charge is 0.349 e. The summed E-state index contributed by atoms with van der Waals surface area (Å²) in [4.78, 5) is 50.8. The molecule has 4 aromatic carbocycles. The maximum absolute atomic E-state index is 13.3. The van der Waals surface area contributed by atoms with E-state index < -0.39 is 36.0 Å². The van der Waals surface area contributed by atoms with Gasteiger partial charge in [-0.1, -0.05) is 54.6 Å². The molecule has 0 spiro atoms. The largest absolute Gasteiger partial charge is 0.478 e. The van der Waals surface area contributed by atoms with Crippen LogP contribution in [0.5, 0.6) is 0 Å². The van der Waals surface area contributed by atoms with Gasteiger partial charge in [-0.15, -0.1) is 0 Å². The fourth-order valence-corrected chi connectivity index (χ4v) is 3.44. The highest BCUT2D eigenvalue weighted by molar-refractivity contribution is 6.01. The number of hydrogen-bond donors (Lipinski definition) is 2. The minimum absolute atomic E-state index is 0.0579. The number of carbonyl (C=O) groups excluding carboxylic acids is 3. The summed E-state index contributed by atoms with van der Waals surface area (Å²) in [7, 11) is 0. The van der Waals surface area contributed by atoms with Crippen LogP contribution in [0.1, 0.15) is 20.7 Å². The Kier molecular flexibility index (Phi) is 9.07. The number of rotatable bonds is 10. The van der Waals surface area contributed by atoms with Gasteiger partial charge in [-0.3, -0.25) is 4.79 Å². The summed E-state index contributed by atoms with van der Waals surface area (Å²) in [6, 6.07) is 30.6. The Bertz CT molecular complexity index is 1490. The summed E-state index contributed by atoms with van der Waals surface area (Å²) >= 11 is 0. The molecule has 0 bridgehead atoms. The second-order valence-electron chi connectivity index (χ2n) is 8.29. The standard InChI is InChI=1S/C30H23N3O7/c34-27(31-22-16-18-24(19-17-22)33-32-23-14-8-3-9-15-23)25(39-29(37)20-10-4-1-5-11-20)26(28(35)36)40-30(38)21-12-6-2-7-13-21/h1-19,25-26H,(H,31,34)(H,35,36)/t25-,26-/m0/s1. The average molecular weight is 538 g/mol. The normalized spacial score (nSPS) is 12.2. The van der Waals surface area contributed by atoms with Crippen molar-refractivity contribution < 1.29 is 33.8 Å². The van der Waals surface area contributed by atoms with E-state index in [1.165, 1.54) is 36.4 Å². The zero-order chi connectivity index (χ0) is 28.3. The number of esters is 2. The predicted octanol–water partition coefficient (Wildman–Crippen LogP) is 5.58. The van der Waals surface area contributed by atoms with E-state index >= 15 is 0 Å². The van der Waals surface area contributed by atoms with Gasteiger partial charge in [-0.2, -0.15) is 10.2 Å². The molecule has 1 amide bonds. The topological polar surface area (TPSA) is 144 Å². The summed E-state index contributed by atoms with van der Waals surface area (Å²) in [6.45, 7) is 0. The third kappa shape index (κ3) is 7.45. The molecule has 4 rings (SSSR count). The molecular weight excluding hydrogens is 514 g/mol. The van der Waals surface area contributed by atoms with Crippen LogP contribution in [-0.2, 0) is 19.1 Å². The Morgan fingerprint density at radius 1 is 0.575 bits per heavy atom. The van der Waals surface area contributed by atoms with E-state index in [9.17, 15) is 24.3 Å². The van der Waals surface area contributed by atoms with Crippen LogP contribution >= 0.6 is 0 Å². The number of carbonyl (C=O) groups is 4. The molecule has 0 aliphatic carbocycles. The number of anilines is 1. The van der Waals surface area contributed by atoms with Gasteiger partial charge >= 0.3 is 17.9 Å². The second kappa shape index (κ2) is 13.2. The average Bonchev–Trinajstić information content (AvgIpc) is 2.99. The summed E-state index contributed by atoms with van der Waals surface area (Å²) in [5.74, 6) is -4.67. The van der Waals surface area contributed by atoms with Crippen LogP contribution in [0, 0.1) is 0 Å². The van der Waals surface area contributed by atoms with Gasteiger partial charge in [0.25, 0.3) is 5.91 Å². The third-order valence-electron chi connectivity index (χ3n) is 5.44. The van der Waals surface area contributed by atoms with Crippen LogP contribution in [0.15, 0.2) is 125 Å². The molecule has 4 aromatic rings. The molecule has 0 fully saturated rings. The van der Waals surface area contributed by atoms with E-state index in [0.717, 1.165) is 0 Å². The Labute approximate surface area is 228 Å². The Morgan fingerprint density at radius 3 is 1.48 bits per heavy atom. The van der Waals surface area contributed by atoms with Crippen molar-refractivity contribution >= 4 is 40.9 Å². The monoisotopic (exact) mass is 537 g/mol. The lowest BCUT2D eigenvalue weighted by Gasteiger charge is -2.23. The predicted molar refractivity (Wildman–Crippen MR) is 145 cm³/mol. The first kappa shape index (κ1) is 27.4. The first-order valence-corrected chi connectivity index (χ1v) is 12.0. The van der Waals surface area contributed by atoms with Gasteiger partial charge in [0.1, 0.15) is 0 Å². The molecule has 10 nitrogen and oxygen atoms in total. The minimum Gasteiger partial charge on any atom is -0.478 e. The molecule has 0 radical (unpaired) electrons. The molecule has 0 aromatic heterocycles. The van der Waals surface area contributed by atoms with Crippen LogP contribution in [0.3, 0.4) is 0 Å². The molecule has 2 atom stereocenters. The lowest BCUT2D eigenvalue weighted by Crippen LogP contribution is -2.48. The molecule has 0 aliphatic rings. The van der Waals surface area contributed by atoms with E-state index in [4.69, 9.17) is 9.47 Å². The molecule has 0 saturated carbocycles. The summed E-state index contributed by atoms with van der Waals surface area (Å²) < 4.78 is 10.4. The van der Waals surface area contributed by atoms with Gasteiger partial charge in [0, 0.05) is 5.69 Å². The highest BCUT2D eigenvalue weighted by atomic mass is 16.6. The Balaban J connectivity index is 1.54. The quantitative estimate of drug-likeness (QED) is 0.199. The lowest BCUT2D eigenvalue weighted by atomic mass is 10.1. The first-order valence-electron chi connectivity index (χ1n) is 12.0. The molecule has 10 heteroatoms. The van der Waals surface area contributed by atoms with Crippen molar-refractivity contribution in [2.75, 3.05) is 5.32 Å². The fourth-order valence-electron chi connectivity index (χ4n) is 3.44. The van der Waals surface area contributed by atoms with Crippen LogP contribution in [-0.4, -0.2) is 41.1 Å². The van der Waals surface area contributed by atoms with Gasteiger partial charge in [-0.25, -0.2) is 14.4 Å². The van der Waals surface area contributed by atoms with E-state index in [1.54, 1.807) is 60.7 Å². The van der Waals surface area contributed by atoms with E-state index in [0.29, 0.717) is 11.4 Å². The van der Waals surface area contributed by atoms with Gasteiger partial charge in [0.05, 0.1) is 22.5 Å². The van der Waals surface area contributed by atoms with E-state index in [-0.39, 0.29) is 16.8 Å². The second-order valence-corrected chi connectivity index (χ2v) is 8.29. The Morgan fingerprint density at radius 2 is 1.00 bits per heavy atom. The molecule has 0 unspecified atom stereocenters. The maximum Gasteiger partial charge on any atom is 0.349 e. The number of amides is 1. The molecule has 0 heterocycles. The number of azo groups is 1. The highest BCUT2D eigenvalue weighted by Crippen LogP contribution is 2.21. The SMILES string of the molecule is O=C(O[C@H](C(=O)O)[C@H](OC(=O)c1ccccc1)C(=O)Nc1ccc(N=Nc2ccccc2)cc1)c1ccccc1. The number of nitrogens with one attached hydrogen (secondary N) is 1. The number of carboxylic acid groups (broad SMARTS) is 1. The van der Waals surface area contributed by atoms with Gasteiger partial charge in [-0.05, 0) is 60.7 Å². The molecule has 0 aliphatic heterocycles. The van der Waals surface area contributed by atoms with Crippen LogP contribution in [0.2, 0.25) is 0 Å². The van der Waals surface area contributed by atoms with Crippen molar-refractivity contribution in [1.82, 2.24) is 0 Å². The van der Waals surface area contributed by atoms with Crippen LogP contribution in [0.25, 0.3) is 0 Å². The third-order valence-corrected chi connectivity index (χ3v) is 5.44. The first-order chi connectivity index (χ1) is 19.4. The number of ether oxygens (including phenoxy) is 2. The fraction of sp³-hybridized carbons (Fsp3) is 0.0667. The number of hydrogen-bond acceptors (Lipinski definition) is 8. The molecule has 200 valence electrons. The molecule has 0 saturated heterocycles. The van der Waals surface area contributed by atoms with Crippen molar-refractivity contribution in [1.29, 1.82) is 0 Å². The van der Waals surface area contributed by atoms with Gasteiger partial charge < -0.3 is 19.9 Å². The molecule has 40 heavy (non-hydrogen) atoms. The summed E-state index contributed by atoms with van der Waals surface area (Å²) in [6.07, 6.45) is -4.16. The van der Waals surface area contributed by atoms with Gasteiger partial charge in [0.15, 0.2) is 0 Å². The highest BCUT2D eigenvalue weighted by Gasteiger charge is 2.41. The van der Waals surface area contributed by atoms with Crippen molar-refractivity contribution in [3.8, 4) is 0 Å². The Hall–Kier alpha value is -5.64. The van der Waals surface area contributed by atoms with Gasteiger partial charge in [0.2, 0.25) is 12.2 Å². The molecular formula is C30H23N3O7. The summed E-state index contributed by atoms with van der Waals surface area (Å²) in [5, 5.41) is 20.6. The summed E-state index contributed by atoms with van der Waals surface area (Å²) in [5.41, 5.74) is 1.54. The number of benzene rings is 4. The van der Waals surface area contributed by atoms with Crippen molar-refractivity contribution in [3.63, 3.8) is 0 Å². The van der Waals surface area contributed by atoms with E-state index in [1.807, 2.05) is 18.2 Å². The number of carboxylic acids is 1. The lowest BCUT2D eigenvalue weighted by molar-refractivity contribution is -0.157. The van der Waals surface area contributed by atoms with Crippen molar-refractivity contribution in [2.45, 2.75) is 12.2 Å². The zero-order valence-corrected chi connectivity index (χ0v) is 20.9. The minimum atomic E-state index is -2.14. The molecule has 2 N–H and O–H groups in total. The van der Waals surface area contributed by atoms with E-state index in [2.05, 4.69) is 15.5 Å². The van der Waals surface area contributed by atoms with Crippen molar-refractivity contribution in [3.05, 3.63) is 126 Å². The van der Waals surface area contributed by atoms with Crippen LogP contribution in [0.4, 0.5) is 17.1 Å². The zero-order valence-electron chi connectivity index (χ0n) is 20.9. The van der Waals surface area contributed by atoms with Crippen LogP contribution < -0.4 is 5.32 Å².